The molecule has 3 heteroatoms. The number of aryl methyl sites for hydroxylation is 2. The Labute approximate surface area is 142 Å². The van der Waals surface area contributed by atoms with Crippen LogP contribution < -0.4 is 4.74 Å². The first kappa shape index (κ1) is 15.8. The number of rotatable bonds is 4. The van der Waals surface area contributed by atoms with Crippen molar-refractivity contribution in [2.24, 2.45) is 0 Å². The third-order valence-electron chi connectivity index (χ3n) is 3.97. The van der Waals surface area contributed by atoms with Crippen LogP contribution in [0.15, 0.2) is 42.6 Å². The van der Waals surface area contributed by atoms with Crippen LogP contribution in [0.2, 0.25) is 5.02 Å². The largest absolute Gasteiger partial charge is 0.492 e. The molecule has 0 bridgehead atoms. The van der Waals surface area contributed by atoms with Crippen LogP contribution in [-0.4, -0.2) is 11.6 Å². The van der Waals surface area contributed by atoms with E-state index >= 15 is 0 Å². The van der Waals surface area contributed by atoms with Crippen LogP contribution in [0.3, 0.4) is 0 Å². The Bertz CT molecular complexity index is 837. The minimum absolute atomic E-state index is 0.696. The van der Waals surface area contributed by atoms with E-state index in [0.717, 1.165) is 33.7 Å². The Hall–Kier alpha value is -2.06. The second-order valence-electron chi connectivity index (χ2n) is 5.81. The molecule has 2 aromatic carbocycles. The lowest BCUT2D eigenvalue weighted by Gasteiger charge is -2.13. The van der Waals surface area contributed by atoms with Gasteiger partial charge in [-0.15, -0.1) is 0 Å². The van der Waals surface area contributed by atoms with E-state index in [0.29, 0.717) is 6.61 Å². The Balaban J connectivity index is 2.12. The normalized spacial score (nSPS) is 11.0. The van der Waals surface area contributed by atoms with Crippen molar-refractivity contribution in [3.05, 3.63) is 58.7 Å². The van der Waals surface area contributed by atoms with Gasteiger partial charge in [-0.3, -0.25) is 4.98 Å². The van der Waals surface area contributed by atoms with Crippen LogP contribution in [-0.2, 0) is 0 Å². The smallest absolute Gasteiger partial charge is 0.138 e. The van der Waals surface area contributed by atoms with Crippen molar-refractivity contribution in [3.8, 4) is 16.9 Å². The van der Waals surface area contributed by atoms with Crippen LogP contribution in [0, 0.1) is 13.8 Å². The molecule has 0 saturated heterocycles. The van der Waals surface area contributed by atoms with Crippen LogP contribution in [0.25, 0.3) is 22.0 Å². The molecule has 0 N–H and O–H groups in total. The highest BCUT2D eigenvalue weighted by Crippen LogP contribution is 2.36. The second-order valence-corrected chi connectivity index (χ2v) is 6.22. The van der Waals surface area contributed by atoms with Gasteiger partial charge in [0.15, 0.2) is 0 Å². The summed E-state index contributed by atoms with van der Waals surface area (Å²) in [4.78, 5) is 4.54. The zero-order valence-electron chi connectivity index (χ0n) is 13.7. The van der Waals surface area contributed by atoms with Crippen molar-refractivity contribution in [1.29, 1.82) is 0 Å². The van der Waals surface area contributed by atoms with Gasteiger partial charge >= 0.3 is 0 Å². The number of benzene rings is 2. The van der Waals surface area contributed by atoms with Gasteiger partial charge in [-0.05, 0) is 55.2 Å². The fraction of sp³-hybridized carbons (Fsp3) is 0.250. The van der Waals surface area contributed by atoms with Gasteiger partial charge < -0.3 is 4.74 Å². The molecule has 1 heterocycles. The molecule has 0 spiro atoms. The van der Waals surface area contributed by atoms with Gasteiger partial charge in [-0.1, -0.05) is 36.7 Å². The minimum Gasteiger partial charge on any atom is -0.492 e. The van der Waals surface area contributed by atoms with E-state index in [4.69, 9.17) is 16.3 Å². The molecule has 118 valence electrons. The summed E-state index contributed by atoms with van der Waals surface area (Å²) in [7, 11) is 0. The van der Waals surface area contributed by atoms with E-state index in [2.05, 4.69) is 50.0 Å². The molecule has 3 rings (SSSR count). The third kappa shape index (κ3) is 3.18. The predicted molar refractivity (Wildman–Crippen MR) is 97.4 cm³/mol. The quantitative estimate of drug-likeness (QED) is 0.590. The Morgan fingerprint density at radius 3 is 2.52 bits per heavy atom. The lowest BCUT2D eigenvalue weighted by molar-refractivity contribution is 0.317. The standard InChI is InChI=1S/C20H20ClNO/c1-4-8-23-16-9-15-10-18(21)17(11-19(15)22-12-16)20-13(2)6-5-7-14(20)3/h5-7,9-12H,4,8H2,1-3H3. The van der Waals surface area contributed by atoms with Gasteiger partial charge in [0, 0.05) is 16.0 Å². The SMILES string of the molecule is CCCOc1cnc2cc(-c3c(C)cccc3C)c(Cl)cc2c1. The van der Waals surface area contributed by atoms with Crippen LogP contribution in [0.5, 0.6) is 5.75 Å². The first-order valence-electron chi connectivity index (χ1n) is 7.89. The van der Waals surface area contributed by atoms with Crippen molar-refractivity contribution >= 4 is 22.5 Å². The zero-order valence-corrected chi connectivity index (χ0v) is 14.4. The first-order chi connectivity index (χ1) is 11.1. The molecular weight excluding hydrogens is 306 g/mol. The van der Waals surface area contributed by atoms with Crippen molar-refractivity contribution in [3.63, 3.8) is 0 Å². The van der Waals surface area contributed by atoms with Crippen molar-refractivity contribution in [2.75, 3.05) is 6.61 Å². The molecular formula is C20H20ClNO. The molecule has 0 aliphatic rings. The molecule has 23 heavy (non-hydrogen) atoms. The van der Waals surface area contributed by atoms with Crippen LogP contribution in [0.1, 0.15) is 24.5 Å². The van der Waals surface area contributed by atoms with E-state index in [9.17, 15) is 0 Å². The third-order valence-corrected chi connectivity index (χ3v) is 4.28. The average molecular weight is 326 g/mol. The Morgan fingerprint density at radius 1 is 1.09 bits per heavy atom. The zero-order chi connectivity index (χ0) is 16.4. The average Bonchev–Trinajstić information content (AvgIpc) is 2.53. The summed E-state index contributed by atoms with van der Waals surface area (Å²) < 4.78 is 5.65. The molecule has 0 unspecified atom stereocenters. The highest BCUT2D eigenvalue weighted by Gasteiger charge is 2.11. The van der Waals surface area contributed by atoms with E-state index in [1.165, 1.54) is 16.7 Å². The van der Waals surface area contributed by atoms with Crippen LogP contribution >= 0.6 is 11.6 Å². The number of halogens is 1. The lowest BCUT2D eigenvalue weighted by Crippen LogP contribution is -1.96. The highest BCUT2D eigenvalue weighted by atomic mass is 35.5. The summed E-state index contributed by atoms with van der Waals surface area (Å²) in [6.07, 6.45) is 2.75. The van der Waals surface area contributed by atoms with Gasteiger partial charge in [0.1, 0.15) is 5.75 Å². The molecule has 3 aromatic rings. The number of hydrogen-bond acceptors (Lipinski definition) is 2. The molecule has 0 radical (unpaired) electrons. The molecule has 0 atom stereocenters. The first-order valence-corrected chi connectivity index (χ1v) is 8.26. The number of fused-ring (bicyclic) bond motifs is 1. The Morgan fingerprint density at radius 2 is 1.83 bits per heavy atom. The van der Waals surface area contributed by atoms with Crippen molar-refractivity contribution in [1.82, 2.24) is 4.98 Å². The van der Waals surface area contributed by atoms with Gasteiger partial charge in [-0.25, -0.2) is 0 Å². The van der Waals surface area contributed by atoms with Crippen LogP contribution in [0.4, 0.5) is 0 Å². The molecule has 0 aliphatic carbocycles. The fourth-order valence-corrected chi connectivity index (χ4v) is 3.12. The summed E-state index contributed by atoms with van der Waals surface area (Å²) in [5, 5.41) is 1.74. The van der Waals surface area contributed by atoms with E-state index in [1.807, 2.05) is 12.1 Å². The van der Waals surface area contributed by atoms with Crippen molar-refractivity contribution < 1.29 is 4.74 Å². The number of hydrogen-bond donors (Lipinski definition) is 0. The van der Waals surface area contributed by atoms with E-state index < -0.39 is 0 Å². The van der Waals surface area contributed by atoms with E-state index in [1.54, 1.807) is 6.20 Å². The summed E-state index contributed by atoms with van der Waals surface area (Å²) in [5.41, 5.74) is 5.58. The molecule has 0 fully saturated rings. The maximum absolute atomic E-state index is 6.57. The van der Waals surface area contributed by atoms with Crippen molar-refractivity contribution in [2.45, 2.75) is 27.2 Å². The van der Waals surface area contributed by atoms with E-state index in [-0.39, 0.29) is 0 Å². The molecule has 1 aromatic heterocycles. The molecule has 0 aliphatic heterocycles. The maximum atomic E-state index is 6.57. The Kier molecular flexibility index (Phi) is 4.53. The van der Waals surface area contributed by atoms with Gasteiger partial charge in [0.2, 0.25) is 0 Å². The number of ether oxygens (including phenoxy) is 1. The van der Waals surface area contributed by atoms with Gasteiger partial charge in [0.05, 0.1) is 18.3 Å². The van der Waals surface area contributed by atoms with Gasteiger partial charge in [0.25, 0.3) is 0 Å². The fourth-order valence-electron chi connectivity index (χ4n) is 2.86. The number of pyridine rings is 1. The monoisotopic (exact) mass is 325 g/mol. The topological polar surface area (TPSA) is 22.1 Å². The molecule has 0 amide bonds. The molecule has 2 nitrogen and oxygen atoms in total. The second kappa shape index (κ2) is 6.59. The maximum Gasteiger partial charge on any atom is 0.138 e. The number of nitrogens with zero attached hydrogens (tertiary/aromatic N) is 1. The predicted octanol–water partition coefficient (Wildman–Crippen LogP) is 5.96. The van der Waals surface area contributed by atoms with Gasteiger partial charge in [-0.2, -0.15) is 0 Å². The lowest BCUT2D eigenvalue weighted by atomic mass is 9.95. The summed E-state index contributed by atoms with van der Waals surface area (Å²) in [6.45, 7) is 7.00. The highest BCUT2D eigenvalue weighted by molar-refractivity contribution is 6.34. The summed E-state index contributed by atoms with van der Waals surface area (Å²) in [6, 6.07) is 12.3. The summed E-state index contributed by atoms with van der Waals surface area (Å²) in [5.74, 6) is 0.787. The summed E-state index contributed by atoms with van der Waals surface area (Å²) >= 11 is 6.57. The number of aromatic nitrogens is 1. The minimum atomic E-state index is 0.696. The molecule has 0 saturated carbocycles.